The van der Waals surface area contributed by atoms with Crippen molar-refractivity contribution >= 4 is 11.9 Å². The molecule has 1 aromatic carbocycles. The van der Waals surface area contributed by atoms with Gasteiger partial charge in [0.1, 0.15) is 6.10 Å². The van der Waals surface area contributed by atoms with Crippen molar-refractivity contribution in [1.29, 1.82) is 0 Å². The first-order chi connectivity index (χ1) is 13.6. The molecular weight excluding hydrogens is 389 g/mol. The Kier molecular flexibility index (Phi) is 9.10. The molecule has 0 spiro atoms. The van der Waals surface area contributed by atoms with Gasteiger partial charge in [0.05, 0.1) is 13.5 Å². The van der Waals surface area contributed by atoms with Crippen molar-refractivity contribution in [2.24, 2.45) is 0 Å². The van der Waals surface area contributed by atoms with Crippen LogP contribution in [-0.2, 0) is 29.4 Å². The summed E-state index contributed by atoms with van der Waals surface area (Å²) in [5.74, 6) is -2.35. The lowest BCUT2D eigenvalue weighted by atomic mass is 9.92. The minimum atomic E-state index is -5.09. The normalized spacial score (nSPS) is 15.2. The summed E-state index contributed by atoms with van der Waals surface area (Å²) in [4.78, 5) is 24.4. The topological polar surface area (TPSA) is 61.8 Å². The van der Waals surface area contributed by atoms with Crippen molar-refractivity contribution in [2.75, 3.05) is 14.2 Å². The number of rotatable bonds is 10. The van der Waals surface area contributed by atoms with Crippen LogP contribution in [0, 0.1) is 0 Å². The lowest BCUT2D eigenvalue weighted by Crippen LogP contribution is -2.52. The van der Waals surface area contributed by atoms with Gasteiger partial charge in [0, 0.05) is 12.7 Å². The number of ether oxygens (including phenoxy) is 3. The van der Waals surface area contributed by atoms with E-state index >= 15 is 0 Å². The number of carbonyl (C=O) groups is 2. The van der Waals surface area contributed by atoms with Gasteiger partial charge < -0.3 is 14.2 Å². The smallest absolute Gasteiger partial charge is 0.432 e. The molecule has 29 heavy (non-hydrogen) atoms. The van der Waals surface area contributed by atoms with Crippen LogP contribution >= 0.6 is 0 Å². The van der Waals surface area contributed by atoms with Gasteiger partial charge in [-0.15, -0.1) is 0 Å². The van der Waals surface area contributed by atoms with Crippen LogP contribution in [0.1, 0.15) is 31.7 Å². The first-order valence-electron chi connectivity index (χ1n) is 8.85. The predicted molar refractivity (Wildman–Crippen MR) is 101 cm³/mol. The van der Waals surface area contributed by atoms with Crippen LogP contribution in [0.25, 0.3) is 0 Å². The minimum absolute atomic E-state index is 0.128. The molecule has 1 aromatic rings. The number of carbonyl (C=O) groups excluding carboxylic acids is 2. The molecule has 0 saturated carbocycles. The summed E-state index contributed by atoms with van der Waals surface area (Å²) in [6.45, 7) is 5.35. The summed E-state index contributed by atoms with van der Waals surface area (Å²) in [6, 6.07) is 6.49. The Bertz CT molecular complexity index is 728. The Labute approximate surface area is 168 Å². The Hall–Kier alpha value is -2.61. The molecule has 5 nitrogen and oxygen atoms in total. The van der Waals surface area contributed by atoms with Gasteiger partial charge >= 0.3 is 18.1 Å². The molecule has 0 aromatic heterocycles. The number of methoxy groups -OCH3 is 2. The minimum Gasteiger partial charge on any atom is -0.469 e. The van der Waals surface area contributed by atoms with Gasteiger partial charge in [0.2, 0.25) is 0 Å². The molecule has 0 aliphatic carbocycles. The highest BCUT2D eigenvalue weighted by atomic mass is 19.4. The van der Waals surface area contributed by atoms with Gasteiger partial charge in [-0.3, -0.25) is 4.79 Å². The Morgan fingerprint density at radius 1 is 1.17 bits per heavy atom. The van der Waals surface area contributed by atoms with Crippen molar-refractivity contribution in [2.45, 2.75) is 44.1 Å². The molecule has 0 saturated heterocycles. The highest BCUT2D eigenvalue weighted by molar-refractivity contribution is 5.83. The summed E-state index contributed by atoms with van der Waals surface area (Å²) in [7, 11) is 1.93. The van der Waals surface area contributed by atoms with Gasteiger partial charge in [-0.25, -0.2) is 4.79 Å². The number of benzene rings is 1. The van der Waals surface area contributed by atoms with E-state index in [1.165, 1.54) is 18.2 Å². The van der Waals surface area contributed by atoms with Gasteiger partial charge in [0.15, 0.2) is 0 Å². The van der Waals surface area contributed by atoms with Gasteiger partial charge in [0.25, 0.3) is 5.60 Å². The zero-order valence-corrected chi connectivity index (χ0v) is 16.6. The fourth-order valence-electron chi connectivity index (χ4n) is 2.77. The highest BCUT2D eigenvalue weighted by Crippen LogP contribution is 2.43. The van der Waals surface area contributed by atoms with Crippen LogP contribution in [0.4, 0.5) is 13.2 Å². The third kappa shape index (κ3) is 6.19. The fourth-order valence-corrected chi connectivity index (χ4v) is 2.77. The van der Waals surface area contributed by atoms with Crippen molar-refractivity contribution in [3.8, 4) is 0 Å². The van der Waals surface area contributed by atoms with E-state index < -0.39 is 35.4 Å². The van der Waals surface area contributed by atoms with Crippen LogP contribution in [-0.4, -0.2) is 38.4 Å². The average Bonchev–Trinajstić information content (AvgIpc) is 2.67. The molecule has 2 atom stereocenters. The third-order valence-electron chi connectivity index (χ3n) is 4.33. The molecule has 8 heteroatoms. The Morgan fingerprint density at radius 2 is 1.79 bits per heavy atom. The summed E-state index contributed by atoms with van der Waals surface area (Å²) < 4.78 is 56.3. The number of halogens is 3. The molecule has 0 heterocycles. The molecular formula is C21H25F3O5. The lowest BCUT2D eigenvalue weighted by Gasteiger charge is -2.33. The fraction of sp³-hybridized carbons (Fsp3) is 0.429. The Balaban J connectivity index is 3.22. The van der Waals surface area contributed by atoms with Gasteiger partial charge in [-0.1, -0.05) is 54.6 Å². The van der Waals surface area contributed by atoms with Crippen LogP contribution in [0.3, 0.4) is 0 Å². The molecule has 0 unspecified atom stereocenters. The second kappa shape index (κ2) is 10.8. The molecule has 0 bridgehead atoms. The van der Waals surface area contributed by atoms with Crippen LogP contribution in [0.5, 0.6) is 0 Å². The number of alkyl halides is 3. The number of hydrogen-bond donors (Lipinski definition) is 0. The maximum Gasteiger partial charge on any atom is 0.432 e. The summed E-state index contributed by atoms with van der Waals surface area (Å²) >= 11 is 0. The van der Waals surface area contributed by atoms with Crippen molar-refractivity contribution in [3.05, 3.63) is 60.2 Å². The first-order valence-corrected chi connectivity index (χ1v) is 8.85. The quantitative estimate of drug-likeness (QED) is 0.417. The van der Waals surface area contributed by atoms with E-state index in [0.29, 0.717) is 6.42 Å². The van der Waals surface area contributed by atoms with E-state index in [2.05, 4.69) is 11.3 Å². The molecule has 0 radical (unpaired) electrons. The number of hydrogen-bond acceptors (Lipinski definition) is 5. The van der Waals surface area contributed by atoms with E-state index in [9.17, 15) is 22.8 Å². The number of esters is 2. The summed E-state index contributed by atoms with van der Waals surface area (Å²) in [5, 5.41) is 0. The average molecular weight is 414 g/mol. The van der Waals surface area contributed by atoms with E-state index in [0.717, 1.165) is 31.9 Å². The van der Waals surface area contributed by atoms with Crippen LogP contribution in [0.2, 0.25) is 0 Å². The maximum absolute atomic E-state index is 14.0. The second-order valence-corrected chi connectivity index (χ2v) is 6.34. The van der Waals surface area contributed by atoms with E-state index in [1.54, 1.807) is 19.1 Å². The van der Waals surface area contributed by atoms with Crippen LogP contribution < -0.4 is 0 Å². The lowest BCUT2D eigenvalue weighted by molar-refractivity contribution is -0.278. The zero-order chi connectivity index (χ0) is 22.1. The summed E-state index contributed by atoms with van der Waals surface area (Å²) in [5.41, 5.74) is -2.86. The molecule has 0 amide bonds. The van der Waals surface area contributed by atoms with E-state index in [4.69, 9.17) is 9.47 Å². The standard InChI is InChI=1S/C21H25F3O5/c1-5-9-15(2)12-13-17(14-18(25)27-3)29-19(26)20(28-4,21(22,23)24)16-10-7-6-8-11-16/h5-11,17H,1,12-14H2,2-4H3/b15-9+/t17-,20+/m1/s1. The monoisotopic (exact) mass is 414 g/mol. The largest absolute Gasteiger partial charge is 0.469 e. The maximum atomic E-state index is 14.0. The summed E-state index contributed by atoms with van der Waals surface area (Å²) in [6.07, 6.45) is -2.79. The third-order valence-corrected chi connectivity index (χ3v) is 4.33. The van der Waals surface area contributed by atoms with Crippen molar-refractivity contribution in [1.82, 2.24) is 0 Å². The zero-order valence-electron chi connectivity index (χ0n) is 16.6. The second-order valence-electron chi connectivity index (χ2n) is 6.34. The Morgan fingerprint density at radius 3 is 2.28 bits per heavy atom. The molecule has 0 aliphatic heterocycles. The van der Waals surface area contributed by atoms with Gasteiger partial charge in [-0.2, -0.15) is 13.2 Å². The molecule has 1 rings (SSSR count). The molecule has 0 fully saturated rings. The van der Waals surface area contributed by atoms with Crippen molar-refractivity contribution < 1.29 is 37.0 Å². The highest BCUT2D eigenvalue weighted by Gasteiger charge is 2.64. The molecule has 0 N–H and O–H groups in total. The van der Waals surface area contributed by atoms with E-state index in [-0.39, 0.29) is 12.8 Å². The first kappa shape index (κ1) is 24.4. The van der Waals surface area contributed by atoms with E-state index in [1.807, 2.05) is 0 Å². The predicted octanol–water partition coefficient (Wildman–Crippen LogP) is 4.48. The van der Waals surface area contributed by atoms with Crippen LogP contribution in [0.15, 0.2) is 54.6 Å². The van der Waals surface area contributed by atoms with Gasteiger partial charge in [-0.05, 0) is 19.8 Å². The van der Waals surface area contributed by atoms with Crippen molar-refractivity contribution in [3.63, 3.8) is 0 Å². The SMILES string of the molecule is C=C/C=C(\C)CC[C@H](CC(=O)OC)OC(=O)[C@@](OC)(c1ccccc1)C(F)(F)F. The number of allylic oxidation sites excluding steroid dienone is 3. The molecule has 160 valence electrons. The molecule has 0 aliphatic rings.